The molecule has 0 saturated carbocycles. The molecule has 78 valence electrons. The highest BCUT2D eigenvalue weighted by molar-refractivity contribution is 5.69. The second-order valence-corrected chi connectivity index (χ2v) is 3.04. The summed E-state index contributed by atoms with van der Waals surface area (Å²) in [5, 5.41) is 0. The van der Waals surface area contributed by atoms with Gasteiger partial charge in [0.2, 0.25) is 0 Å². The highest BCUT2D eigenvalue weighted by atomic mass is 16.5. The molecule has 0 aliphatic heterocycles. The summed E-state index contributed by atoms with van der Waals surface area (Å²) >= 11 is 0. The molecule has 0 fully saturated rings. The van der Waals surface area contributed by atoms with Crippen molar-refractivity contribution in [2.45, 2.75) is 46.1 Å². The fourth-order valence-electron chi connectivity index (χ4n) is 0.967. The average molecular weight is 188 g/mol. The molecule has 0 spiro atoms. The number of ether oxygens (including phenoxy) is 2. The Balaban J connectivity index is 3.38. The Hall–Kier alpha value is -0.570. The van der Waals surface area contributed by atoms with Crippen LogP contribution in [0, 0.1) is 0 Å². The van der Waals surface area contributed by atoms with Crippen molar-refractivity contribution < 1.29 is 14.3 Å². The standard InChI is InChI=1S/C10H20O3/c1-4-6-7-13-10(11)8-9(3)12-5-2/h9H,4-8H2,1-3H3. The SMILES string of the molecule is CCCCOC(=O)CC(C)OCC. The van der Waals surface area contributed by atoms with Crippen molar-refractivity contribution in [1.29, 1.82) is 0 Å². The van der Waals surface area contributed by atoms with Crippen molar-refractivity contribution in [3.63, 3.8) is 0 Å². The van der Waals surface area contributed by atoms with E-state index in [0.29, 0.717) is 19.6 Å². The summed E-state index contributed by atoms with van der Waals surface area (Å²) in [6.07, 6.45) is 2.32. The predicted molar refractivity (Wildman–Crippen MR) is 51.6 cm³/mol. The molecule has 3 heteroatoms. The summed E-state index contributed by atoms with van der Waals surface area (Å²) in [6, 6.07) is 0. The first-order chi connectivity index (χ1) is 6.20. The summed E-state index contributed by atoms with van der Waals surface area (Å²) in [6.45, 7) is 7.04. The lowest BCUT2D eigenvalue weighted by Crippen LogP contribution is -2.16. The Morgan fingerprint density at radius 2 is 2.08 bits per heavy atom. The van der Waals surface area contributed by atoms with Gasteiger partial charge in [0.25, 0.3) is 0 Å². The van der Waals surface area contributed by atoms with E-state index in [1.54, 1.807) is 0 Å². The maximum atomic E-state index is 11.1. The molecule has 0 aromatic carbocycles. The van der Waals surface area contributed by atoms with Crippen LogP contribution >= 0.6 is 0 Å². The van der Waals surface area contributed by atoms with Gasteiger partial charge in [0.15, 0.2) is 0 Å². The first-order valence-corrected chi connectivity index (χ1v) is 4.97. The Labute approximate surface area is 80.4 Å². The zero-order chi connectivity index (χ0) is 10.1. The maximum Gasteiger partial charge on any atom is 0.308 e. The summed E-state index contributed by atoms with van der Waals surface area (Å²) in [4.78, 5) is 11.1. The molecule has 0 aromatic heterocycles. The van der Waals surface area contributed by atoms with Crippen LogP contribution in [0.3, 0.4) is 0 Å². The summed E-state index contributed by atoms with van der Waals surface area (Å²) in [5.41, 5.74) is 0. The lowest BCUT2D eigenvalue weighted by molar-refractivity contribution is -0.146. The molecule has 3 nitrogen and oxygen atoms in total. The largest absolute Gasteiger partial charge is 0.466 e. The van der Waals surface area contributed by atoms with E-state index in [1.165, 1.54) is 0 Å². The van der Waals surface area contributed by atoms with Crippen molar-refractivity contribution in [2.24, 2.45) is 0 Å². The van der Waals surface area contributed by atoms with Gasteiger partial charge in [-0.25, -0.2) is 0 Å². The minimum absolute atomic E-state index is 0.0286. The normalized spacial score (nSPS) is 12.5. The van der Waals surface area contributed by atoms with E-state index in [2.05, 4.69) is 6.92 Å². The van der Waals surface area contributed by atoms with Crippen LogP contribution in [0.4, 0.5) is 0 Å². The molecule has 0 amide bonds. The number of carbonyl (C=O) groups excluding carboxylic acids is 1. The number of unbranched alkanes of at least 4 members (excludes halogenated alkanes) is 1. The van der Waals surface area contributed by atoms with E-state index in [9.17, 15) is 4.79 Å². The van der Waals surface area contributed by atoms with Crippen LogP contribution in [0.5, 0.6) is 0 Å². The summed E-state index contributed by atoms with van der Waals surface area (Å²) in [5.74, 6) is -0.158. The quantitative estimate of drug-likeness (QED) is 0.453. The minimum atomic E-state index is -0.158. The third-order valence-electron chi connectivity index (χ3n) is 1.67. The van der Waals surface area contributed by atoms with Gasteiger partial charge < -0.3 is 9.47 Å². The summed E-state index contributed by atoms with van der Waals surface area (Å²) < 4.78 is 10.2. The first-order valence-electron chi connectivity index (χ1n) is 4.97. The molecule has 0 saturated heterocycles. The van der Waals surface area contributed by atoms with E-state index < -0.39 is 0 Å². The predicted octanol–water partition coefficient (Wildman–Crippen LogP) is 2.14. The number of carbonyl (C=O) groups is 1. The molecule has 1 atom stereocenters. The van der Waals surface area contributed by atoms with Crippen LogP contribution in [0.25, 0.3) is 0 Å². The van der Waals surface area contributed by atoms with Crippen LogP contribution < -0.4 is 0 Å². The van der Waals surface area contributed by atoms with Gasteiger partial charge in [-0.15, -0.1) is 0 Å². The number of hydrogen-bond donors (Lipinski definition) is 0. The second kappa shape index (κ2) is 8.05. The Bertz CT molecular complexity index is 134. The first kappa shape index (κ1) is 12.4. The molecule has 0 aliphatic carbocycles. The van der Waals surface area contributed by atoms with E-state index in [0.717, 1.165) is 12.8 Å². The van der Waals surface area contributed by atoms with Crippen LogP contribution in [-0.4, -0.2) is 25.3 Å². The fraction of sp³-hybridized carbons (Fsp3) is 0.900. The fourth-order valence-corrected chi connectivity index (χ4v) is 0.967. The van der Waals surface area contributed by atoms with Crippen LogP contribution in [0.15, 0.2) is 0 Å². The van der Waals surface area contributed by atoms with Crippen molar-refractivity contribution in [2.75, 3.05) is 13.2 Å². The highest BCUT2D eigenvalue weighted by Gasteiger charge is 2.09. The molecular weight excluding hydrogens is 168 g/mol. The smallest absolute Gasteiger partial charge is 0.308 e. The Kier molecular flexibility index (Phi) is 7.69. The van der Waals surface area contributed by atoms with Gasteiger partial charge in [-0.05, 0) is 20.3 Å². The highest BCUT2D eigenvalue weighted by Crippen LogP contribution is 2.00. The summed E-state index contributed by atoms with van der Waals surface area (Å²) in [7, 11) is 0. The van der Waals surface area contributed by atoms with Crippen LogP contribution in [0.2, 0.25) is 0 Å². The maximum absolute atomic E-state index is 11.1. The topological polar surface area (TPSA) is 35.5 Å². The molecule has 0 N–H and O–H groups in total. The lowest BCUT2D eigenvalue weighted by atomic mass is 10.3. The minimum Gasteiger partial charge on any atom is -0.466 e. The molecule has 0 bridgehead atoms. The van der Waals surface area contributed by atoms with Crippen molar-refractivity contribution in [3.05, 3.63) is 0 Å². The monoisotopic (exact) mass is 188 g/mol. The lowest BCUT2D eigenvalue weighted by Gasteiger charge is -2.10. The third kappa shape index (κ3) is 7.78. The van der Waals surface area contributed by atoms with Gasteiger partial charge in [0.1, 0.15) is 0 Å². The average Bonchev–Trinajstić information content (AvgIpc) is 2.05. The molecule has 0 radical (unpaired) electrons. The number of rotatable bonds is 7. The van der Waals surface area contributed by atoms with Crippen molar-refractivity contribution in [1.82, 2.24) is 0 Å². The Morgan fingerprint density at radius 3 is 2.62 bits per heavy atom. The van der Waals surface area contributed by atoms with Gasteiger partial charge in [-0.3, -0.25) is 4.79 Å². The van der Waals surface area contributed by atoms with Gasteiger partial charge in [0, 0.05) is 6.61 Å². The van der Waals surface area contributed by atoms with Crippen molar-refractivity contribution >= 4 is 5.97 Å². The van der Waals surface area contributed by atoms with Gasteiger partial charge >= 0.3 is 5.97 Å². The zero-order valence-electron chi connectivity index (χ0n) is 8.84. The molecular formula is C10H20O3. The molecule has 0 heterocycles. The van der Waals surface area contributed by atoms with E-state index in [4.69, 9.17) is 9.47 Å². The molecule has 13 heavy (non-hydrogen) atoms. The second-order valence-electron chi connectivity index (χ2n) is 3.04. The molecule has 0 aliphatic rings. The van der Waals surface area contributed by atoms with Crippen LogP contribution in [0.1, 0.15) is 40.0 Å². The van der Waals surface area contributed by atoms with Crippen molar-refractivity contribution in [3.8, 4) is 0 Å². The number of esters is 1. The van der Waals surface area contributed by atoms with Gasteiger partial charge in [-0.2, -0.15) is 0 Å². The van der Waals surface area contributed by atoms with Crippen LogP contribution in [-0.2, 0) is 14.3 Å². The molecule has 0 rings (SSSR count). The molecule has 0 aromatic rings. The van der Waals surface area contributed by atoms with E-state index in [1.807, 2.05) is 13.8 Å². The van der Waals surface area contributed by atoms with Gasteiger partial charge in [0.05, 0.1) is 19.1 Å². The Morgan fingerprint density at radius 1 is 1.38 bits per heavy atom. The zero-order valence-corrected chi connectivity index (χ0v) is 8.84. The molecule has 1 unspecified atom stereocenters. The van der Waals surface area contributed by atoms with E-state index >= 15 is 0 Å². The third-order valence-corrected chi connectivity index (χ3v) is 1.67. The number of hydrogen-bond acceptors (Lipinski definition) is 3. The van der Waals surface area contributed by atoms with Gasteiger partial charge in [-0.1, -0.05) is 13.3 Å². The van der Waals surface area contributed by atoms with E-state index in [-0.39, 0.29) is 12.1 Å².